The molecule has 2 aromatic heterocycles. The number of fused-ring (bicyclic) bond motifs is 4. The highest BCUT2D eigenvalue weighted by Gasteiger charge is 2.49. The van der Waals surface area contributed by atoms with Gasteiger partial charge in [0.25, 0.3) is 11.8 Å². The number of aromatic nitrogens is 4. The van der Waals surface area contributed by atoms with Gasteiger partial charge in [-0.2, -0.15) is 15.1 Å². The molecule has 2 unspecified atom stereocenters. The van der Waals surface area contributed by atoms with Crippen molar-refractivity contribution in [3.63, 3.8) is 0 Å². The summed E-state index contributed by atoms with van der Waals surface area (Å²) in [6, 6.07) is 7.95. The summed E-state index contributed by atoms with van der Waals surface area (Å²) in [7, 11) is 0. The van der Waals surface area contributed by atoms with Crippen LogP contribution in [0, 0.1) is 5.82 Å². The van der Waals surface area contributed by atoms with Gasteiger partial charge in [-0.05, 0) is 61.4 Å². The van der Waals surface area contributed by atoms with Crippen molar-refractivity contribution in [2.24, 2.45) is 0 Å². The Bertz CT molecular complexity index is 2120. The first-order chi connectivity index (χ1) is 25.7. The van der Waals surface area contributed by atoms with Gasteiger partial charge in [-0.15, -0.1) is 0 Å². The van der Waals surface area contributed by atoms with E-state index in [1.807, 2.05) is 22.6 Å². The highest BCUT2D eigenvalue weighted by molar-refractivity contribution is 6.16. The van der Waals surface area contributed by atoms with Crippen molar-refractivity contribution in [3.05, 3.63) is 64.4 Å². The number of benzene rings is 2. The zero-order chi connectivity index (χ0) is 36.4. The number of hydrogen-bond acceptors (Lipinski definition) is 10. The second-order valence-electron chi connectivity index (χ2n) is 14.8. The molecule has 2 aromatic carbocycles. The van der Waals surface area contributed by atoms with Gasteiger partial charge in [0, 0.05) is 50.6 Å². The van der Waals surface area contributed by atoms with Crippen LogP contribution in [0.4, 0.5) is 20.3 Å². The zero-order valence-electron chi connectivity index (χ0n) is 29.7. The molecule has 53 heavy (non-hydrogen) atoms. The SMILES string of the molecule is CCc1c(F)ccc2cc(O)cc(N3Cc4nc(OCC56CCCN5CC(F)C6)nc(N5CCCn6nc(C(=O)N7CCOCC7)cc6C5)c4C3=O)c12. The van der Waals surface area contributed by atoms with Gasteiger partial charge >= 0.3 is 6.01 Å². The minimum Gasteiger partial charge on any atom is -0.508 e. The Balaban J connectivity index is 1.10. The molecule has 5 aliphatic heterocycles. The number of carbonyl (C=O) groups is 2. The Labute approximate surface area is 305 Å². The topological polar surface area (TPSA) is 129 Å². The Morgan fingerprint density at radius 3 is 2.75 bits per heavy atom. The summed E-state index contributed by atoms with van der Waals surface area (Å²) < 4.78 is 43.4. The number of halogens is 2. The maximum Gasteiger partial charge on any atom is 0.318 e. The van der Waals surface area contributed by atoms with E-state index < -0.39 is 11.7 Å². The monoisotopic (exact) mass is 728 g/mol. The van der Waals surface area contributed by atoms with Gasteiger partial charge in [-0.1, -0.05) is 13.0 Å². The molecule has 1 N–H and O–H groups in total. The third kappa shape index (κ3) is 5.84. The standard InChI is InChI=1S/C38H42F2N8O5/c1-2-27-28(40)6-5-23-15-26(49)17-31(32(23)27)47-21-30-33(36(47)51)34(42-37(41-30)53-22-38-7-3-9-46(38)19-24(39)18-38)45-8-4-10-48-25(20-45)16-29(43-48)35(50)44-11-13-52-14-12-44/h5-6,15-17,24,49H,2-4,7-14,18-22H2,1H3. The fourth-order valence-electron chi connectivity index (χ4n) is 9.01. The van der Waals surface area contributed by atoms with Crippen LogP contribution in [0.5, 0.6) is 11.8 Å². The van der Waals surface area contributed by atoms with Crippen molar-refractivity contribution in [3.8, 4) is 11.8 Å². The van der Waals surface area contributed by atoms with Crippen LogP contribution < -0.4 is 14.5 Å². The number of aromatic hydroxyl groups is 1. The number of hydrogen-bond donors (Lipinski definition) is 1. The minimum atomic E-state index is -0.918. The second kappa shape index (κ2) is 13.2. The molecule has 3 saturated heterocycles. The maximum absolute atomic E-state index is 15.2. The molecule has 0 saturated carbocycles. The number of amides is 2. The first kappa shape index (κ1) is 33.9. The summed E-state index contributed by atoms with van der Waals surface area (Å²) in [6.45, 7) is 6.75. The molecule has 0 aliphatic carbocycles. The van der Waals surface area contributed by atoms with Gasteiger partial charge in [-0.25, -0.2) is 8.78 Å². The smallest absolute Gasteiger partial charge is 0.318 e. The molecule has 3 fully saturated rings. The average molecular weight is 729 g/mol. The van der Waals surface area contributed by atoms with Crippen LogP contribution in [0.25, 0.3) is 10.8 Å². The lowest BCUT2D eigenvalue weighted by atomic mass is 9.95. The Hall–Kier alpha value is -4.89. The van der Waals surface area contributed by atoms with E-state index in [0.29, 0.717) is 117 Å². The number of aryl methyl sites for hydroxylation is 2. The number of ether oxygens (including phenoxy) is 2. The normalized spacial score (nSPS) is 23.0. The average Bonchev–Trinajstić information content (AvgIpc) is 3.88. The molecule has 2 atom stereocenters. The van der Waals surface area contributed by atoms with E-state index in [-0.39, 0.29) is 42.5 Å². The van der Waals surface area contributed by atoms with Crippen molar-refractivity contribution in [2.75, 3.05) is 62.3 Å². The molecule has 5 aliphatic rings. The fraction of sp³-hybridized carbons (Fsp3) is 0.500. The van der Waals surface area contributed by atoms with Gasteiger partial charge in [0.2, 0.25) is 0 Å². The van der Waals surface area contributed by atoms with E-state index in [2.05, 4.69) is 10.00 Å². The van der Waals surface area contributed by atoms with E-state index in [0.717, 1.165) is 25.1 Å². The summed E-state index contributed by atoms with van der Waals surface area (Å²) >= 11 is 0. The third-order valence-electron chi connectivity index (χ3n) is 11.5. The number of alkyl halides is 1. The van der Waals surface area contributed by atoms with Crippen LogP contribution in [-0.2, 0) is 30.8 Å². The number of carbonyl (C=O) groups excluding carboxylic acids is 2. The highest BCUT2D eigenvalue weighted by Crippen LogP contribution is 2.43. The molecule has 0 bridgehead atoms. The molecule has 13 nitrogen and oxygen atoms in total. The molecule has 15 heteroatoms. The lowest BCUT2D eigenvalue weighted by Gasteiger charge is -2.31. The predicted octanol–water partition coefficient (Wildman–Crippen LogP) is 4.23. The summed E-state index contributed by atoms with van der Waals surface area (Å²) in [5, 5.41) is 16.6. The van der Waals surface area contributed by atoms with Crippen molar-refractivity contribution in [1.29, 1.82) is 0 Å². The van der Waals surface area contributed by atoms with Crippen molar-refractivity contribution >= 4 is 34.1 Å². The Kier molecular flexibility index (Phi) is 8.45. The van der Waals surface area contributed by atoms with Gasteiger partial charge < -0.3 is 29.3 Å². The second-order valence-corrected chi connectivity index (χ2v) is 14.8. The van der Waals surface area contributed by atoms with Gasteiger partial charge in [0.15, 0.2) is 5.69 Å². The number of anilines is 2. The van der Waals surface area contributed by atoms with Crippen molar-refractivity contribution in [1.82, 2.24) is 29.5 Å². The predicted molar refractivity (Wildman–Crippen MR) is 191 cm³/mol. The molecule has 4 aromatic rings. The van der Waals surface area contributed by atoms with Crippen molar-refractivity contribution in [2.45, 2.75) is 70.4 Å². The lowest BCUT2D eigenvalue weighted by Crippen LogP contribution is -2.43. The van der Waals surface area contributed by atoms with Crippen LogP contribution in [-0.4, -0.2) is 111 Å². The molecular formula is C38H42F2N8O5. The van der Waals surface area contributed by atoms with Gasteiger partial charge in [0.1, 0.15) is 35.7 Å². The number of phenolic OH excluding ortho intramolecular Hbond substituents is 1. The van der Waals surface area contributed by atoms with E-state index in [9.17, 15) is 19.1 Å². The quantitative estimate of drug-likeness (QED) is 0.295. The summed E-state index contributed by atoms with van der Waals surface area (Å²) in [4.78, 5) is 45.1. The van der Waals surface area contributed by atoms with Gasteiger partial charge in [-0.3, -0.25) is 19.2 Å². The summed E-state index contributed by atoms with van der Waals surface area (Å²) in [5.41, 5.74) is 2.31. The Morgan fingerprint density at radius 1 is 1.08 bits per heavy atom. The fourth-order valence-corrected chi connectivity index (χ4v) is 9.01. The summed E-state index contributed by atoms with van der Waals surface area (Å²) in [5.74, 6) is -0.574. The van der Waals surface area contributed by atoms with E-state index in [1.165, 1.54) is 17.0 Å². The van der Waals surface area contributed by atoms with E-state index in [1.54, 1.807) is 17.0 Å². The number of nitrogens with zero attached hydrogens (tertiary/aromatic N) is 8. The van der Waals surface area contributed by atoms with Crippen LogP contribution in [0.2, 0.25) is 0 Å². The van der Waals surface area contributed by atoms with Crippen LogP contribution >= 0.6 is 0 Å². The molecule has 7 heterocycles. The molecule has 2 amide bonds. The zero-order valence-corrected chi connectivity index (χ0v) is 29.7. The minimum absolute atomic E-state index is 0.0477. The number of morpholine rings is 1. The maximum atomic E-state index is 15.2. The Morgan fingerprint density at radius 2 is 1.92 bits per heavy atom. The first-order valence-corrected chi connectivity index (χ1v) is 18.6. The molecule has 9 rings (SSSR count). The largest absolute Gasteiger partial charge is 0.508 e. The molecule has 278 valence electrons. The summed E-state index contributed by atoms with van der Waals surface area (Å²) in [6.07, 6.45) is 2.30. The number of phenols is 1. The molecule has 0 radical (unpaired) electrons. The third-order valence-corrected chi connectivity index (χ3v) is 11.5. The molecular weight excluding hydrogens is 686 g/mol. The van der Waals surface area contributed by atoms with E-state index >= 15 is 4.39 Å². The van der Waals surface area contributed by atoms with E-state index in [4.69, 9.17) is 19.4 Å². The first-order valence-electron chi connectivity index (χ1n) is 18.6. The van der Waals surface area contributed by atoms with Crippen LogP contribution in [0.3, 0.4) is 0 Å². The van der Waals surface area contributed by atoms with Crippen molar-refractivity contribution < 1.29 is 33.0 Å². The van der Waals surface area contributed by atoms with Crippen LogP contribution in [0.15, 0.2) is 30.3 Å². The molecule has 0 spiro atoms. The highest BCUT2D eigenvalue weighted by atomic mass is 19.1. The number of rotatable bonds is 7. The lowest BCUT2D eigenvalue weighted by molar-refractivity contribution is 0.0298. The van der Waals surface area contributed by atoms with Crippen LogP contribution in [0.1, 0.15) is 70.4 Å². The van der Waals surface area contributed by atoms with Gasteiger partial charge in [0.05, 0.1) is 48.9 Å².